The van der Waals surface area contributed by atoms with Crippen LogP contribution in [-0.4, -0.2) is 23.1 Å². The van der Waals surface area contributed by atoms with E-state index in [0.29, 0.717) is 12.0 Å². The summed E-state index contributed by atoms with van der Waals surface area (Å²) in [6, 6.07) is 0.556. The van der Waals surface area contributed by atoms with E-state index in [-0.39, 0.29) is 0 Å². The van der Waals surface area contributed by atoms with Crippen molar-refractivity contribution in [2.45, 2.75) is 58.4 Å². The van der Waals surface area contributed by atoms with Gasteiger partial charge in [-0.1, -0.05) is 33.6 Å². The predicted molar refractivity (Wildman–Crippen MR) is 80.7 cm³/mol. The van der Waals surface area contributed by atoms with Crippen LogP contribution < -0.4 is 10.6 Å². The van der Waals surface area contributed by atoms with Crippen LogP contribution in [0.5, 0.6) is 0 Å². The Morgan fingerprint density at radius 3 is 2.58 bits per heavy atom. The first-order chi connectivity index (χ1) is 9.11. The number of hydrogen-bond donors (Lipinski definition) is 2. The number of nitrogens with zero attached hydrogens (tertiary/aromatic N) is 2. The Labute approximate surface area is 116 Å². The van der Waals surface area contributed by atoms with Crippen LogP contribution in [0.3, 0.4) is 0 Å². The highest BCUT2D eigenvalue weighted by Gasteiger charge is 2.21. The minimum absolute atomic E-state index is 0.409. The number of hydrogen-bond acceptors (Lipinski definition) is 4. The van der Waals surface area contributed by atoms with Crippen LogP contribution >= 0.6 is 0 Å². The maximum absolute atomic E-state index is 4.47. The Morgan fingerprint density at radius 1 is 1.21 bits per heavy atom. The number of rotatable bonds is 4. The van der Waals surface area contributed by atoms with Crippen LogP contribution in [0.2, 0.25) is 0 Å². The molecule has 2 unspecified atom stereocenters. The summed E-state index contributed by atoms with van der Waals surface area (Å²) < 4.78 is 0. The van der Waals surface area contributed by atoms with Crippen molar-refractivity contribution in [3.05, 3.63) is 11.9 Å². The van der Waals surface area contributed by atoms with Crippen molar-refractivity contribution in [2.75, 3.05) is 17.7 Å². The third kappa shape index (κ3) is 3.37. The summed E-state index contributed by atoms with van der Waals surface area (Å²) in [5.74, 6) is 3.18. The molecule has 4 nitrogen and oxygen atoms in total. The summed E-state index contributed by atoms with van der Waals surface area (Å²) >= 11 is 0. The Hall–Kier alpha value is -1.32. The molecule has 106 valence electrons. The van der Waals surface area contributed by atoms with Crippen LogP contribution in [0, 0.1) is 5.92 Å². The van der Waals surface area contributed by atoms with Crippen LogP contribution in [0.1, 0.15) is 57.9 Å². The molecule has 0 aliphatic heterocycles. The first kappa shape index (κ1) is 14.1. The monoisotopic (exact) mass is 262 g/mol. The highest BCUT2D eigenvalue weighted by molar-refractivity contribution is 5.59. The van der Waals surface area contributed by atoms with Gasteiger partial charge in [-0.25, -0.2) is 9.97 Å². The summed E-state index contributed by atoms with van der Waals surface area (Å²) in [4.78, 5) is 8.79. The third-order valence-electron chi connectivity index (χ3n) is 3.98. The summed E-state index contributed by atoms with van der Waals surface area (Å²) in [7, 11) is 1.92. The Balaban J connectivity index is 2.19. The van der Waals surface area contributed by atoms with E-state index in [4.69, 9.17) is 0 Å². The minimum atomic E-state index is 0.409. The van der Waals surface area contributed by atoms with E-state index in [2.05, 4.69) is 41.4 Å². The van der Waals surface area contributed by atoms with Crippen LogP contribution in [-0.2, 0) is 0 Å². The molecule has 0 radical (unpaired) electrons. The lowest BCUT2D eigenvalue weighted by atomic mass is 9.87. The zero-order valence-corrected chi connectivity index (χ0v) is 12.5. The molecule has 2 N–H and O–H groups in total. The van der Waals surface area contributed by atoms with Gasteiger partial charge in [-0.2, -0.15) is 0 Å². The van der Waals surface area contributed by atoms with E-state index in [1.54, 1.807) is 6.33 Å². The quantitative estimate of drug-likeness (QED) is 0.870. The van der Waals surface area contributed by atoms with Gasteiger partial charge < -0.3 is 10.6 Å². The third-order valence-corrected chi connectivity index (χ3v) is 3.98. The summed E-state index contributed by atoms with van der Waals surface area (Å²) in [5.41, 5.74) is 1.20. The molecule has 1 aliphatic carbocycles. The van der Waals surface area contributed by atoms with Crippen molar-refractivity contribution in [1.29, 1.82) is 0 Å². The smallest absolute Gasteiger partial charge is 0.135 e. The van der Waals surface area contributed by atoms with E-state index >= 15 is 0 Å². The van der Waals surface area contributed by atoms with E-state index in [9.17, 15) is 0 Å². The first-order valence-corrected chi connectivity index (χ1v) is 7.41. The number of nitrogens with one attached hydrogen (secondary N) is 2. The second kappa shape index (κ2) is 6.22. The molecule has 2 atom stereocenters. The van der Waals surface area contributed by atoms with Gasteiger partial charge in [0.2, 0.25) is 0 Å². The molecule has 0 spiro atoms. The van der Waals surface area contributed by atoms with Gasteiger partial charge in [0, 0.05) is 18.7 Å². The summed E-state index contributed by atoms with van der Waals surface area (Å²) in [5, 5.41) is 6.82. The number of anilines is 2. The first-order valence-electron chi connectivity index (χ1n) is 7.41. The minimum Gasteiger partial charge on any atom is -0.373 e. The highest BCUT2D eigenvalue weighted by Crippen LogP contribution is 2.31. The molecule has 2 rings (SSSR count). The van der Waals surface area contributed by atoms with Crippen molar-refractivity contribution in [1.82, 2.24) is 9.97 Å². The van der Waals surface area contributed by atoms with Crippen molar-refractivity contribution in [2.24, 2.45) is 5.92 Å². The molecular weight excluding hydrogens is 236 g/mol. The lowest BCUT2D eigenvalue weighted by molar-refractivity contribution is 0.358. The van der Waals surface area contributed by atoms with E-state index in [1.165, 1.54) is 31.2 Å². The predicted octanol–water partition coefficient (Wildman–Crippen LogP) is 3.63. The van der Waals surface area contributed by atoms with E-state index in [1.807, 2.05) is 7.05 Å². The van der Waals surface area contributed by atoms with Gasteiger partial charge in [0.15, 0.2) is 0 Å². The molecule has 1 aromatic rings. The van der Waals surface area contributed by atoms with Crippen molar-refractivity contribution in [3.8, 4) is 0 Å². The second-order valence-electron chi connectivity index (χ2n) is 6.00. The largest absolute Gasteiger partial charge is 0.373 e. The van der Waals surface area contributed by atoms with Gasteiger partial charge in [-0.3, -0.25) is 0 Å². The Kier molecular flexibility index (Phi) is 4.61. The highest BCUT2D eigenvalue weighted by atomic mass is 15.1. The SMILES string of the molecule is CNc1ncnc(NC2CCCC(C)C2)c1C(C)C. The van der Waals surface area contributed by atoms with Gasteiger partial charge in [0.1, 0.15) is 18.0 Å². The van der Waals surface area contributed by atoms with Gasteiger partial charge in [0.05, 0.1) is 0 Å². The molecule has 1 aliphatic rings. The molecule has 1 heterocycles. The lowest BCUT2D eigenvalue weighted by Crippen LogP contribution is -2.27. The van der Waals surface area contributed by atoms with Crippen LogP contribution in [0.4, 0.5) is 11.6 Å². The molecule has 0 aromatic carbocycles. The van der Waals surface area contributed by atoms with Crippen LogP contribution in [0.25, 0.3) is 0 Å². The summed E-state index contributed by atoms with van der Waals surface area (Å²) in [6.07, 6.45) is 6.82. The average Bonchev–Trinajstić information content (AvgIpc) is 2.38. The molecule has 0 amide bonds. The van der Waals surface area contributed by atoms with Crippen LogP contribution in [0.15, 0.2) is 6.33 Å². The topological polar surface area (TPSA) is 49.8 Å². The van der Waals surface area contributed by atoms with Gasteiger partial charge in [-0.05, 0) is 24.7 Å². The zero-order chi connectivity index (χ0) is 13.8. The maximum atomic E-state index is 4.47. The number of aromatic nitrogens is 2. The molecule has 4 heteroatoms. The standard InChI is InChI=1S/C15H26N4/c1-10(2)13-14(16-4)17-9-18-15(13)19-12-7-5-6-11(3)8-12/h9-12H,5-8H2,1-4H3,(H2,16,17,18,19). The zero-order valence-electron chi connectivity index (χ0n) is 12.5. The second-order valence-corrected chi connectivity index (χ2v) is 6.00. The normalized spacial score (nSPS) is 23.4. The van der Waals surface area contributed by atoms with Crippen molar-refractivity contribution < 1.29 is 0 Å². The van der Waals surface area contributed by atoms with Crippen molar-refractivity contribution in [3.63, 3.8) is 0 Å². The van der Waals surface area contributed by atoms with Crippen molar-refractivity contribution >= 4 is 11.6 Å². The average molecular weight is 262 g/mol. The van der Waals surface area contributed by atoms with Gasteiger partial charge in [-0.15, -0.1) is 0 Å². The van der Waals surface area contributed by atoms with Gasteiger partial charge in [0.25, 0.3) is 0 Å². The fourth-order valence-corrected chi connectivity index (χ4v) is 3.02. The fourth-order valence-electron chi connectivity index (χ4n) is 3.02. The van der Waals surface area contributed by atoms with Gasteiger partial charge >= 0.3 is 0 Å². The van der Waals surface area contributed by atoms with E-state index in [0.717, 1.165) is 17.6 Å². The molecule has 1 fully saturated rings. The summed E-state index contributed by atoms with van der Waals surface area (Å²) in [6.45, 7) is 6.72. The van der Waals surface area contributed by atoms with E-state index < -0.39 is 0 Å². The molecule has 1 saturated carbocycles. The molecule has 1 aromatic heterocycles. The lowest BCUT2D eigenvalue weighted by Gasteiger charge is -2.29. The fraction of sp³-hybridized carbons (Fsp3) is 0.733. The molecule has 0 saturated heterocycles. The molecular formula is C15H26N4. The maximum Gasteiger partial charge on any atom is 0.135 e. The Bertz CT molecular complexity index is 417. The molecule has 0 bridgehead atoms. The Morgan fingerprint density at radius 2 is 1.95 bits per heavy atom. The molecule has 19 heavy (non-hydrogen) atoms.